The van der Waals surface area contributed by atoms with E-state index in [-0.39, 0.29) is 16.7 Å². The minimum Gasteiger partial charge on any atom is -0.454 e. The number of carbonyl (C=O) groups excluding carboxylic acids is 2. The molecule has 0 bridgehead atoms. The van der Waals surface area contributed by atoms with Crippen LogP contribution in [0.2, 0.25) is 0 Å². The zero-order valence-electron chi connectivity index (χ0n) is 17.4. The van der Waals surface area contributed by atoms with Crippen LogP contribution in [0.25, 0.3) is 0 Å². The topological polar surface area (TPSA) is 102 Å². The fourth-order valence-corrected chi connectivity index (χ4v) is 4.09. The second kappa shape index (κ2) is 10.9. The molecule has 1 amide bonds. The van der Waals surface area contributed by atoms with Crippen LogP contribution < -0.4 is 10.0 Å². The molecule has 162 valence electrons. The predicted molar refractivity (Wildman–Crippen MR) is 114 cm³/mol. The standard InChI is InChI=1S/C22H28N2O5S/c1-16(2)21(24-30(27,28)19-12-8-5-9-13-19)22(26)29-15-20(25)23-14-17(3)18-10-6-4-7-11-18/h4-13,16-17,21,24H,14-15H2,1-3H3,(H,23,25)/t17?,21-/m0/s1. The first-order valence-corrected chi connectivity index (χ1v) is 11.2. The van der Waals surface area contributed by atoms with Crippen LogP contribution in [-0.2, 0) is 24.3 Å². The van der Waals surface area contributed by atoms with Crippen LogP contribution >= 0.6 is 0 Å². The normalized spacial score (nSPS) is 13.5. The fourth-order valence-electron chi connectivity index (χ4n) is 2.74. The molecule has 0 aliphatic rings. The minimum atomic E-state index is -3.89. The van der Waals surface area contributed by atoms with Gasteiger partial charge in [0.1, 0.15) is 6.04 Å². The summed E-state index contributed by atoms with van der Waals surface area (Å²) in [4.78, 5) is 24.5. The Balaban J connectivity index is 1.88. The van der Waals surface area contributed by atoms with Crippen molar-refractivity contribution in [1.82, 2.24) is 10.0 Å². The van der Waals surface area contributed by atoms with Crippen molar-refractivity contribution in [3.05, 3.63) is 66.2 Å². The molecule has 2 N–H and O–H groups in total. The Morgan fingerprint density at radius 3 is 2.07 bits per heavy atom. The van der Waals surface area contributed by atoms with E-state index in [2.05, 4.69) is 10.0 Å². The smallest absolute Gasteiger partial charge is 0.324 e. The van der Waals surface area contributed by atoms with Crippen molar-refractivity contribution in [3.8, 4) is 0 Å². The SMILES string of the molecule is CC(CNC(=O)COC(=O)[C@@H](NS(=O)(=O)c1ccccc1)C(C)C)c1ccccc1. The van der Waals surface area contributed by atoms with E-state index in [1.807, 2.05) is 37.3 Å². The largest absolute Gasteiger partial charge is 0.454 e. The molecule has 0 heterocycles. The Bertz CT molecular complexity index is 931. The van der Waals surface area contributed by atoms with Gasteiger partial charge in [-0.15, -0.1) is 0 Å². The molecule has 1 unspecified atom stereocenters. The van der Waals surface area contributed by atoms with Crippen molar-refractivity contribution in [2.75, 3.05) is 13.2 Å². The molecular weight excluding hydrogens is 404 g/mol. The molecule has 7 nitrogen and oxygen atoms in total. The summed E-state index contributed by atoms with van der Waals surface area (Å²) in [7, 11) is -3.89. The van der Waals surface area contributed by atoms with Gasteiger partial charge in [-0.25, -0.2) is 8.42 Å². The van der Waals surface area contributed by atoms with Crippen LogP contribution in [0.4, 0.5) is 0 Å². The van der Waals surface area contributed by atoms with Crippen LogP contribution in [0.1, 0.15) is 32.3 Å². The molecule has 0 fully saturated rings. The van der Waals surface area contributed by atoms with Gasteiger partial charge in [0, 0.05) is 6.54 Å². The minimum absolute atomic E-state index is 0.0519. The highest BCUT2D eigenvalue weighted by Gasteiger charge is 2.30. The van der Waals surface area contributed by atoms with Crippen molar-refractivity contribution in [3.63, 3.8) is 0 Å². The maximum Gasteiger partial charge on any atom is 0.324 e. The first-order chi connectivity index (χ1) is 14.2. The van der Waals surface area contributed by atoms with Crippen molar-refractivity contribution in [1.29, 1.82) is 0 Å². The highest BCUT2D eigenvalue weighted by atomic mass is 32.2. The van der Waals surface area contributed by atoms with Crippen molar-refractivity contribution < 1.29 is 22.7 Å². The maximum atomic E-state index is 12.5. The van der Waals surface area contributed by atoms with Gasteiger partial charge in [0.25, 0.3) is 5.91 Å². The molecule has 0 aliphatic heterocycles. The molecule has 0 saturated carbocycles. The van der Waals surface area contributed by atoms with Crippen LogP contribution in [0, 0.1) is 5.92 Å². The Labute approximate surface area is 177 Å². The van der Waals surface area contributed by atoms with Gasteiger partial charge in [-0.2, -0.15) is 4.72 Å². The zero-order valence-corrected chi connectivity index (χ0v) is 18.2. The number of amides is 1. The lowest BCUT2D eigenvalue weighted by Gasteiger charge is -2.21. The van der Waals surface area contributed by atoms with E-state index < -0.39 is 34.5 Å². The molecule has 2 rings (SSSR count). The molecule has 0 saturated heterocycles. The summed E-state index contributed by atoms with van der Waals surface area (Å²) < 4.78 is 32.4. The highest BCUT2D eigenvalue weighted by molar-refractivity contribution is 7.89. The molecule has 0 spiro atoms. The molecule has 2 atom stereocenters. The fraction of sp³-hybridized carbons (Fsp3) is 0.364. The second-order valence-electron chi connectivity index (χ2n) is 7.38. The van der Waals surface area contributed by atoms with E-state index in [0.29, 0.717) is 6.54 Å². The first kappa shape index (κ1) is 23.6. The zero-order chi connectivity index (χ0) is 22.1. The number of hydrogen-bond acceptors (Lipinski definition) is 5. The van der Waals surface area contributed by atoms with Gasteiger partial charge in [0.05, 0.1) is 4.90 Å². The third kappa shape index (κ3) is 6.96. The summed E-state index contributed by atoms with van der Waals surface area (Å²) >= 11 is 0. The third-order valence-electron chi connectivity index (χ3n) is 4.58. The van der Waals surface area contributed by atoms with Gasteiger partial charge < -0.3 is 10.1 Å². The van der Waals surface area contributed by atoms with Crippen LogP contribution in [-0.4, -0.2) is 39.5 Å². The molecule has 2 aromatic carbocycles. The summed E-state index contributed by atoms with van der Waals surface area (Å²) in [5.74, 6) is -1.50. The average Bonchev–Trinajstić information content (AvgIpc) is 2.75. The van der Waals surface area contributed by atoms with Crippen LogP contribution in [0.15, 0.2) is 65.6 Å². The third-order valence-corrected chi connectivity index (χ3v) is 6.03. The lowest BCUT2D eigenvalue weighted by molar-refractivity contribution is -0.151. The molecule has 0 aliphatic carbocycles. The first-order valence-electron chi connectivity index (χ1n) is 9.76. The summed E-state index contributed by atoms with van der Waals surface area (Å²) in [5, 5.41) is 2.72. The quantitative estimate of drug-likeness (QED) is 0.562. The molecule has 0 aromatic heterocycles. The Morgan fingerprint density at radius 1 is 0.933 bits per heavy atom. The molecular formula is C22H28N2O5S. The summed E-state index contributed by atoms with van der Waals surface area (Å²) in [6.07, 6.45) is 0. The van der Waals surface area contributed by atoms with Gasteiger partial charge in [0.15, 0.2) is 6.61 Å². The van der Waals surface area contributed by atoms with Gasteiger partial charge in [-0.3, -0.25) is 9.59 Å². The Kier molecular flexibility index (Phi) is 8.56. The van der Waals surface area contributed by atoms with Gasteiger partial charge in [-0.05, 0) is 29.5 Å². The Hall–Kier alpha value is -2.71. The molecule has 2 aromatic rings. The summed E-state index contributed by atoms with van der Waals surface area (Å²) in [6.45, 7) is 5.29. The number of ether oxygens (including phenoxy) is 1. The Morgan fingerprint density at radius 2 is 1.50 bits per heavy atom. The summed E-state index contributed by atoms with van der Waals surface area (Å²) in [6, 6.07) is 16.4. The van der Waals surface area contributed by atoms with E-state index in [0.717, 1.165) is 5.56 Å². The van der Waals surface area contributed by atoms with Crippen molar-refractivity contribution in [2.24, 2.45) is 5.92 Å². The predicted octanol–water partition coefficient (Wildman–Crippen LogP) is 2.45. The van der Waals surface area contributed by atoms with E-state index in [1.165, 1.54) is 12.1 Å². The van der Waals surface area contributed by atoms with E-state index in [9.17, 15) is 18.0 Å². The molecule has 8 heteroatoms. The van der Waals surface area contributed by atoms with Crippen molar-refractivity contribution in [2.45, 2.75) is 37.6 Å². The van der Waals surface area contributed by atoms with E-state index >= 15 is 0 Å². The van der Waals surface area contributed by atoms with E-state index in [4.69, 9.17) is 4.74 Å². The van der Waals surface area contributed by atoms with E-state index in [1.54, 1.807) is 32.0 Å². The number of esters is 1. The van der Waals surface area contributed by atoms with Crippen LogP contribution in [0.3, 0.4) is 0 Å². The number of nitrogens with one attached hydrogen (secondary N) is 2. The number of hydrogen-bond donors (Lipinski definition) is 2. The summed E-state index contributed by atoms with van der Waals surface area (Å²) in [5.41, 5.74) is 1.09. The number of rotatable bonds is 10. The van der Waals surface area contributed by atoms with Gasteiger partial charge in [0.2, 0.25) is 10.0 Å². The average molecular weight is 433 g/mol. The van der Waals surface area contributed by atoms with Gasteiger partial charge in [-0.1, -0.05) is 69.3 Å². The molecule has 30 heavy (non-hydrogen) atoms. The monoisotopic (exact) mass is 432 g/mol. The number of carbonyl (C=O) groups is 2. The highest BCUT2D eigenvalue weighted by Crippen LogP contribution is 2.14. The lowest BCUT2D eigenvalue weighted by atomic mass is 10.0. The number of sulfonamides is 1. The number of benzene rings is 2. The maximum absolute atomic E-state index is 12.5. The second-order valence-corrected chi connectivity index (χ2v) is 9.09. The van der Waals surface area contributed by atoms with Crippen molar-refractivity contribution >= 4 is 21.9 Å². The molecule has 0 radical (unpaired) electrons. The van der Waals surface area contributed by atoms with Crippen LogP contribution in [0.5, 0.6) is 0 Å². The lowest BCUT2D eigenvalue weighted by Crippen LogP contribution is -2.46. The van der Waals surface area contributed by atoms with Gasteiger partial charge >= 0.3 is 5.97 Å².